The second-order valence-electron chi connectivity index (χ2n) is 4.56. The minimum absolute atomic E-state index is 0.845. The summed E-state index contributed by atoms with van der Waals surface area (Å²) in [7, 11) is 0. The van der Waals surface area contributed by atoms with E-state index in [4.69, 9.17) is 0 Å². The first-order chi connectivity index (χ1) is 9.92. The highest BCUT2D eigenvalue weighted by atomic mass is 32.1. The van der Waals surface area contributed by atoms with Crippen molar-refractivity contribution in [1.82, 2.24) is 15.0 Å². The topological polar surface area (TPSA) is 38.7 Å². The number of aromatic nitrogens is 3. The number of hydrogen-bond acceptors (Lipinski definition) is 4. The maximum Gasteiger partial charge on any atom is 0.108 e. The second kappa shape index (κ2) is 6.39. The Morgan fingerprint density at radius 3 is 2.65 bits per heavy atom. The van der Waals surface area contributed by atoms with E-state index in [1.165, 1.54) is 10.6 Å². The van der Waals surface area contributed by atoms with Gasteiger partial charge in [0, 0.05) is 17.8 Å². The van der Waals surface area contributed by atoms with Crippen molar-refractivity contribution in [2.75, 3.05) is 0 Å². The monoisotopic (exact) mass is 281 g/mol. The molecule has 20 heavy (non-hydrogen) atoms. The largest absolute Gasteiger partial charge is 0.261 e. The Morgan fingerprint density at radius 2 is 1.85 bits per heavy atom. The summed E-state index contributed by atoms with van der Waals surface area (Å²) in [6.45, 7) is 0. The highest BCUT2D eigenvalue weighted by Gasteiger charge is 2.05. The van der Waals surface area contributed by atoms with E-state index < -0.39 is 0 Å². The highest BCUT2D eigenvalue weighted by Crippen LogP contribution is 2.20. The van der Waals surface area contributed by atoms with Gasteiger partial charge in [-0.3, -0.25) is 9.97 Å². The molecule has 0 unspecified atom stereocenters. The van der Waals surface area contributed by atoms with Gasteiger partial charge in [0.15, 0.2) is 0 Å². The quantitative estimate of drug-likeness (QED) is 0.714. The predicted molar refractivity (Wildman–Crippen MR) is 81.6 cm³/mol. The fourth-order valence-corrected chi connectivity index (χ4v) is 2.90. The molecular formula is C16H15N3S. The zero-order valence-corrected chi connectivity index (χ0v) is 11.9. The van der Waals surface area contributed by atoms with E-state index in [-0.39, 0.29) is 0 Å². The zero-order valence-electron chi connectivity index (χ0n) is 11.1. The van der Waals surface area contributed by atoms with E-state index in [2.05, 4.69) is 50.7 Å². The normalized spacial score (nSPS) is 10.6. The second-order valence-corrected chi connectivity index (χ2v) is 5.50. The van der Waals surface area contributed by atoms with E-state index in [1.807, 2.05) is 0 Å². The van der Waals surface area contributed by atoms with Crippen LogP contribution < -0.4 is 0 Å². The Bertz CT molecular complexity index is 650. The first-order valence-electron chi connectivity index (χ1n) is 6.66. The van der Waals surface area contributed by atoms with Crippen molar-refractivity contribution >= 4 is 11.3 Å². The Morgan fingerprint density at radius 1 is 0.950 bits per heavy atom. The van der Waals surface area contributed by atoms with Crippen LogP contribution in [0.2, 0.25) is 0 Å². The molecule has 0 radical (unpaired) electrons. The lowest BCUT2D eigenvalue weighted by atomic mass is 10.1. The van der Waals surface area contributed by atoms with Gasteiger partial charge in [-0.1, -0.05) is 30.3 Å². The molecule has 0 N–H and O–H groups in total. The number of thiazole rings is 1. The number of aryl methyl sites for hydroxylation is 2. The molecule has 0 amide bonds. The minimum Gasteiger partial charge on any atom is -0.261 e. The van der Waals surface area contributed by atoms with E-state index in [0.717, 1.165) is 30.7 Å². The maximum absolute atomic E-state index is 4.63. The van der Waals surface area contributed by atoms with Gasteiger partial charge >= 0.3 is 0 Å². The van der Waals surface area contributed by atoms with Crippen LogP contribution in [0.5, 0.6) is 0 Å². The van der Waals surface area contributed by atoms with E-state index >= 15 is 0 Å². The molecule has 3 aromatic rings. The first-order valence-corrected chi connectivity index (χ1v) is 7.54. The van der Waals surface area contributed by atoms with E-state index in [0.29, 0.717) is 0 Å². The third kappa shape index (κ3) is 3.27. The van der Waals surface area contributed by atoms with Gasteiger partial charge in [-0.05, 0) is 24.8 Å². The van der Waals surface area contributed by atoms with Crippen LogP contribution in [-0.2, 0) is 12.8 Å². The standard InChI is InChI=1S/C16H15N3S/c1-2-5-13(6-3-1)7-4-8-16-19-15(12-20-16)14-11-17-9-10-18-14/h1-3,5-6,9-12H,4,7-8H2. The lowest BCUT2D eigenvalue weighted by Gasteiger charge is -1.99. The van der Waals surface area contributed by atoms with Gasteiger partial charge in [-0.25, -0.2) is 4.98 Å². The van der Waals surface area contributed by atoms with Crippen molar-refractivity contribution in [2.24, 2.45) is 0 Å². The van der Waals surface area contributed by atoms with Gasteiger partial charge < -0.3 is 0 Å². The van der Waals surface area contributed by atoms with Crippen LogP contribution in [0.1, 0.15) is 17.0 Å². The molecule has 100 valence electrons. The zero-order chi connectivity index (χ0) is 13.6. The summed E-state index contributed by atoms with van der Waals surface area (Å²) in [4.78, 5) is 13.0. The number of hydrogen-bond donors (Lipinski definition) is 0. The van der Waals surface area contributed by atoms with Crippen LogP contribution in [0.3, 0.4) is 0 Å². The van der Waals surface area contributed by atoms with Crippen molar-refractivity contribution in [2.45, 2.75) is 19.3 Å². The molecule has 0 bridgehead atoms. The van der Waals surface area contributed by atoms with Crippen molar-refractivity contribution in [3.8, 4) is 11.4 Å². The molecule has 0 aliphatic carbocycles. The fraction of sp³-hybridized carbons (Fsp3) is 0.188. The van der Waals surface area contributed by atoms with Gasteiger partial charge in [0.1, 0.15) is 11.4 Å². The van der Waals surface area contributed by atoms with Crippen molar-refractivity contribution in [1.29, 1.82) is 0 Å². The van der Waals surface area contributed by atoms with Gasteiger partial charge in [0.25, 0.3) is 0 Å². The highest BCUT2D eigenvalue weighted by molar-refractivity contribution is 7.09. The smallest absolute Gasteiger partial charge is 0.108 e. The molecule has 0 fully saturated rings. The van der Waals surface area contributed by atoms with E-state index in [1.54, 1.807) is 29.9 Å². The minimum atomic E-state index is 0.845. The Labute approximate surface area is 122 Å². The van der Waals surface area contributed by atoms with Crippen molar-refractivity contribution in [3.63, 3.8) is 0 Å². The molecule has 1 aromatic carbocycles. The number of rotatable bonds is 5. The summed E-state index contributed by atoms with van der Waals surface area (Å²) < 4.78 is 0. The first kappa shape index (κ1) is 12.9. The average molecular weight is 281 g/mol. The third-order valence-electron chi connectivity index (χ3n) is 3.08. The molecule has 0 saturated carbocycles. The molecule has 3 rings (SSSR count). The van der Waals surface area contributed by atoms with Crippen LogP contribution >= 0.6 is 11.3 Å². The van der Waals surface area contributed by atoms with E-state index in [9.17, 15) is 0 Å². The van der Waals surface area contributed by atoms with Crippen LogP contribution in [0.15, 0.2) is 54.3 Å². The lowest BCUT2D eigenvalue weighted by molar-refractivity contribution is 0.815. The maximum atomic E-state index is 4.63. The Kier molecular flexibility index (Phi) is 4.13. The molecule has 4 heteroatoms. The molecule has 0 aliphatic heterocycles. The molecule has 3 nitrogen and oxygen atoms in total. The summed E-state index contributed by atoms with van der Waals surface area (Å²) in [6, 6.07) is 10.6. The molecule has 0 aliphatic rings. The van der Waals surface area contributed by atoms with Crippen LogP contribution in [-0.4, -0.2) is 15.0 Å². The molecule has 2 heterocycles. The number of nitrogens with zero attached hydrogens (tertiary/aromatic N) is 3. The predicted octanol–water partition coefficient (Wildman–Crippen LogP) is 3.78. The summed E-state index contributed by atoms with van der Waals surface area (Å²) in [5, 5.41) is 3.23. The Balaban J connectivity index is 1.58. The summed E-state index contributed by atoms with van der Waals surface area (Å²) in [6.07, 6.45) is 8.36. The molecule has 2 aromatic heterocycles. The summed E-state index contributed by atoms with van der Waals surface area (Å²) in [5.74, 6) is 0. The van der Waals surface area contributed by atoms with Crippen LogP contribution in [0, 0.1) is 0 Å². The third-order valence-corrected chi connectivity index (χ3v) is 3.98. The fourth-order valence-electron chi connectivity index (χ4n) is 2.06. The van der Waals surface area contributed by atoms with Crippen LogP contribution in [0.4, 0.5) is 0 Å². The lowest BCUT2D eigenvalue weighted by Crippen LogP contribution is -1.90. The average Bonchev–Trinajstić information content (AvgIpc) is 2.98. The SMILES string of the molecule is c1ccc(CCCc2nc(-c3cnccn3)cs2)cc1. The Hall–Kier alpha value is -2.07. The van der Waals surface area contributed by atoms with Crippen LogP contribution in [0.25, 0.3) is 11.4 Å². The molecule has 0 atom stereocenters. The van der Waals surface area contributed by atoms with Gasteiger partial charge in [-0.15, -0.1) is 11.3 Å². The van der Waals surface area contributed by atoms with Gasteiger partial charge in [0.2, 0.25) is 0 Å². The molecule has 0 spiro atoms. The summed E-state index contributed by atoms with van der Waals surface area (Å²) >= 11 is 1.70. The number of benzene rings is 1. The molecule has 0 saturated heterocycles. The van der Waals surface area contributed by atoms with Crippen molar-refractivity contribution < 1.29 is 0 Å². The van der Waals surface area contributed by atoms with Crippen molar-refractivity contribution in [3.05, 3.63) is 64.9 Å². The molecular weight excluding hydrogens is 266 g/mol. The van der Waals surface area contributed by atoms with Gasteiger partial charge in [-0.2, -0.15) is 0 Å². The summed E-state index contributed by atoms with van der Waals surface area (Å²) in [5.41, 5.74) is 3.16. The van der Waals surface area contributed by atoms with Gasteiger partial charge in [0.05, 0.1) is 11.2 Å².